The van der Waals surface area contributed by atoms with E-state index in [1.54, 1.807) is 42.5 Å². The molecule has 0 fully saturated rings. The zero-order valence-electron chi connectivity index (χ0n) is 9.04. The monoisotopic (exact) mass is 217 g/mol. The summed E-state index contributed by atoms with van der Waals surface area (Å²) in [6.07, 6.45) is 4.96. The van der Waals surface area contributed by atoms with Gasteiger partial charge in [-0.3, -0.25) is 9.67 Å². The summed E-state index contributed by atoms with van der Waals surface area (Å²) >= 11 is 0. The Morgan fingerprint density at radius 1 is 1.38 bits per heavy atom. The fourth-order valence-corrected chi connectivity index (χ4v) is 1.47. The first-order valence-corrected chi connectivity index (χ1v) is 4.74. The van der Waals surface area contributed by atoms with Gasteiger partial charge in [0.1, 0.15) is 11.3 Å². The topological polar surface area (TPSA) is 57.0 Å². The SMILES string of the molecule is COC(=O)c1cn(C)nc1-c1ccncc1. The summed E-state index contributed by atoms with van der Waals surface area (Å²) < 4.78 is 6.29. The van der Waals surface area contributed by atoms with Crippen molar-refractivity contribution >= 4 is 5.97 Å². The van der Waals surface area contributed by atoms with E-state index in [4.69, 9.17) is 4.74 Å². The Kier molecular flexibility index (Phi) is 2.68. The van der Waals surface area contributed by atoms with Crippen molar-refractivity contribution in [3.05, 3.63) is 36.3 Å². The van der Waals surface area contributed by atoms with Gasteiger partial charge in [-0.2, -0.15) is 5.10 Å². The number of hydrogen-bond acceptors (Lipinski definition) is 4. The van der Waals surface area contributed by atoms with Crippen molar-refractivity contribution in [2.75, 3.05) is 7.11 Å². The molecule has 0 aliphatic carbocycles. The molecule has 5 heteroatoms. The summed E-state index contributed by atoms with van der Waals surface area (Å²) in [5.74, 6) is -0.389. The quantitative estimate of drug-likeness (QED) is 0.711. The minimum atomic E-state index is -0.389. The Labute approximate surface area is 92.7 Å². The third kappa shape index (κ3) is 1.79. The van der Waals surface area contributed by atoms with E-state index < -0.39 is 0 Å². The minimum Gasteiger partial charge on any atom is -0.465 e. The lowest BCUT2D eigenvalue weighted by molar-refractivity contribution is 0.0601. The highest BCUT2D eigenvalue weighted by atomic mass is 16.5. The summed E-state index contributed by atoms with van der Waals surface area (Å²) in [6.45, 7) is 0. The summed E-state index contributed by atoms with van der Waals surface area (Å²) in [4.78, 5) is 15.5. The summed E-state index contributed by atoms with van der Waals surface area (Å²) in [7, 11) is 3.11. The maximum absolute atomic E-state index is 11.5. The first-order valence-electron chi connectivity index (χ1n) is 4.74. The summed E-state index contributed by atoms with van der Waals surface area (Å²) in [6, 6.07) is 3.60. The fourth-order valence-electron chi connectivity index (χ4n) is 1.47. The van der Waals surface area contributed by atoms with Gasteiger partial charge in [-0.25, -0.2) is 4.79 Å². The van der Waals surface area contributed by atoms with Gasteiger partial charge in [-0.05, 0) is 12.1 Å². The van der Waals surface area contributed by atoms with Crippen molar-refractivity contribution in [1.29, 1.82) is 0 Å². The lowest BCUT2D eigenvalue weighted by Gasteiger charge is -1.99. The van der Waals surface area contributed by atoms with Gasteiger partial charge < -0.3 is 4.74 Å². The largest absolute Gasteiger partial charge is 0.465 e. The second-order valence-electron chi connectivity index (χ2n) is 3.29. The molecule has 0 aliphatic rings. The van der Waals surface area contributed by atoms with Gasteiger partial charge in [-0.1, -0.05) is 0 Å². The van der Waals surface area contributed by atoms with Crippen molar-refractivity contribution < 1.29 is 9.53 Å². The van der Waals surface area contributed by atoms with Gasteiger partial charge in [0, 0.05) is 31.2 Å². The number of esters is 1. The molecule has 0 radical (unpaired) electrons. The number of aryl methyl sites for hydroxylation is 1. The maximum Gasteiger partial charge on any atom is 0.341 e. The van der Waals surface area contributed by atoms with Crippen LogP contribution in [0.3, 0.4) is 0 Å². The van der Waals surface area contributed by atoms with E-state index in [-0.39, 0.29) is 5.97 Å². The molecule has 16 heavy (non-hydrogen) atoms. The van der Waals surface area contributed by atoms with Gasteiger partial charge in [0.25, 0.3) is 0 Å². The first-order chi connectivity index (χ1) is 7.72. The summed E-state index contributed by atoms with van der Waals surface area (Å²) in [5.41, 5.74) is 1.91. The standard InChI is InChI=1S/C11H11N3O2/c1-14-7-9(11(15)16-2)10(13-14)8-3-5-12-6-4-8/h3-7H,1-2H3. The van der Waals surface area contributed by atoms with Crippen LogP contribution in [0.2, 0.25) is 0 Å². The molecule has 0 aromatic carbocycles. The molecule has 2 aromatic rings. The Hall–Kier alpha value is -2.17. The number of pyridine rings is 1. The number of carbonyl (C=O) groups is 1. The predicted octanol–water partition coefficient (Wildman–Crippen LogP) is 1.27. The molecular formula is C11H11N3O2. The molecule has 2 aromatic heterocycles. The van der Waals surface area contributed by atoms with Crippen LogP contribution in [-0.4, -0.2) is 27.8 Å². The van der Waals surface area contributed by atoms with Crippen LogP contribution in [0.5, 0.6) is 0 Å². The third-order valence-corrected chi connectivity index (χ3v) is 2.19. The molecule has 0 N–H and O–H groups in total. The number of rotatable bonds is 2. The zero-order chi connectivity index (χ0) is 11.5. The molecule has 0 unspecified atom stereocenters. The first kappa shape index (κ1) is 10.4. The Bertz CT molecular complexity index is 505. The van der Waals surface area contributed by atoms with Gasteiger partial charge in [0.2, 0.25) is 0 Å². The van der Waals surface area contributed by atoms with Crippen molar-refractivity contribution in [2.24, 2.45) is 7.05 Å². The lowest BCUT2D eigenvalue weighted by Crippen LogP contribution is -2.01. The van der Waals surface area contributed by atoms with Crippen LogP contribution in [0, 0.1) is 0 Å². The van der Waals surface area contributed by atoms with Crippen molar-refractivity contribution in [3.8, 4) is 11.3 Å². The van der Waals surface area contributed by atoms with Crippen LogP contribution in [0.15, 0.2) is 30.7 Å². The second-order valence-corrected chi connectivity index (χ2v) is 3.29. The zero-order valence-corrected chi connectivity index (χ0v) is 9.04. The van der Waals surface area contributed by atoms with Crippen LogP contribution in [0.25, 0.3) is 11.3 Å². The van der Waals surface area contributed by atoms with E-state index in [0.717, 1.165) is 5.56 Å². The highest BCUT2D eigenvalue weighted by Gasteiger charge is 2.17. The number of ether oxygens (including phenoxy) is 1. The van der Waals surface area contributed by atoms with Crippen LogP contribution in [0.4, 0.5) is 0 Å². The maximum atomic E-state index is 11.5. The Balaban J connectivity index is 2.53. The van der Waals surface area contributed by atoms with Gasteiger partial charge >= 0.3 is 5.97 Å². The molecule has 2 heterocycles. The molecule has 0 aliphatic heterocycles. The third-order valence-electron chi connectivity index (χ3n) is 2.19. The number of carbonyl (C=O) groups excluding carboxylic acids is 1. The molecule has 0 saturated carbocycles. The minimum absolute atomic E-state index is 0.389. The number of methoxy groups -OCH3 is 1. The average Bonchev–Trinajstić information content (AvgIpc) is 2.71. The molecule has 0 bridgehead atoms. The van der Waals surface area contributed by atoms with Gasteiger partial charge in [-0.15, -0.1) is 0 Å². The number of aromatic nitrogens is 3. The molecular weight excluding hydrogens is 206 g/mol. The van der Waals surface area contributed by atoms with E-state index >= 15 is 0 Å². The molecule has 2 rings (SSSR count). The van der Waals surface area contributed by atoms with Crippen LogP contribution < -0.4 is 0 Å². The van der Waals surface area contributed by atoms with Crippen LogP contribution in [0.1, 0.15) is 10.4 Å². The fraction of sp³-hybridized carbons (Fsp3) is 0.182. The van der Waals surface area contributed by atoms with Crippen molar-refractivity contribution in [1.82, 2.24) is 14.8 Å². The normalized spacial score (nSPS) is 10.1. The van der Waals surface area contributed by atoms with Gasteiger partial charge in [0.15, 0.2) is 0 Å². The molecule has 5 nitrogen and oxygen atoms in total. The Morgan fingerprint density at radius 3 is 2.69 bits per heavy atom. The Morgan fingerprint density at radius 2 is 2.06 bits per heavy atom. The molecule has 0 atom stereocenters. The molecule has 0 amide bonds. The highest BCUT2D eigenvalue weighted by Crippen LogP contribution is 2.21. The molecule has 82 valence electrons. The predicted molar refractivity (Wildman–Crippen MR) is 57.8 cm³/mol. The van der Waals surface area contributed by atoms with E-state index in [1.807, 2.05) is 0 Å². The van der Waals surface area contributed by atoms with E-state index in [9.17, 15) is 4.79 Å². The van der Waals surface area contributed by atoms with Crippen molar-refractivity contribution in [3.63, 3.8) is 0 Å². The lowest BCUT2D eigenvalue weighted by atomic mass is 10.1. The van der Waals surface area contributed by atoms with E-state index in [0.29, 0.717) is 11.3 Å². The smallest absolute Gasteiger partial charge is 0.341 e. The molecule has 0 saturated heterocycles. The van der Waals surface area contributed by atoms with Crippen LogP contribution >= 0.6 is 0 Å². The highest BCUT2D eigenvalue weighted by molar-refractivity contribution is 5.95. The van der Waals surface area contributed by atoms with Crippen LogP contribution in [-0.2, 0) is 11.8 Å². The van der Waals surface area contributed by atoms with E-state index in [1.165, 1.54) is 7.11 Å². The van der Waals surface area contributed by atoms with E-state index in [2.05, 4.69) is 10.1 Å². The molecule has 0 spiro atoms. The number of nitrogens with zero attached hydrogens (tertiary/aromatic N) is 3. The van der Waals surface area contributed by atoms with Crippen molar-refractivity contribution in [2.45, 2.75) is 0 Å². The summed E-state index contributed by atoms with van der Waals surface area (Å²) in [5, 5.41) is 4.24. The second kappa shape index (κ2) is 4.14. The average molecular weight is 217 g/mol. The number of hydrogen-bond donors (Lipinski definition) is 0. The van der Waals surface area contributed by atoms with Gasteiger partial charge in [0.05, 0.1) is 7.11 Å².